The Labute approximate surface area is 70.7 Å². The molecule has 0 bridgehead atoms. The van der Waals surface area contributed by atoms with Gasteiger partial charge in [-0.1, -0.05) is 26.6 Å². The monoisotopic (exact) mass is 153 g/mol. The third kappa shape index (κ3) is 4.88. The van der Waals surface area contributed by atoms with Gasteiger partial charge in [0.2, 0.25) is 7.28 Å². The normalized spacial score (nSPS) is 9.91. The minimum Gasteiger partial charge on any atom is -0.372 e. The topological polar surface area (TPSA) is 27.1 Å². The molecular formula is C8H18BN2. The van der Waals surface area contributed by atoms with Crippen molar-refractivity contribution < 1.29 is 0 Å². The van der Waals surface area contributed by atoms with Crippen molar-refractivity contribution in [2.24, 2.45) is 0 Å². The molecule has 0 fully saturated rings. The zero-order valence-corrected chi connectivity index (χ0v) is 8.02. The van der Waals surface area contributed by atoms with Gasteiger partial charge in [-0.2, -0.15) is 0 Å². The zero-order chi connectivity index (χ0) is 8.85. The Kier molecular flexibility index (Phi) is 5.00. The van der Waals surface area contributed by atoms with Gasteiger partial charge >= 0.3 is 0 Å². The lowest BCUT2D eigenvalue weighted by Gasteiger charge is -2.19. The maximum Gasteiger partial charge on any atom is 0.203 e. The molecule has 2 nitrogen and oxygen atoms in total. The van der Waals surface area contributed by atoms with Crippen LogP contribution in [0, 0.1) is 5.41 Å². The van der Waals surface area contributed by atoms with E-state index in [-0.39, 0.29) is 0 Å². The van der Waals surface area contributed by atoms with Gasteiger partial charge in [0.25, 0.3) is 0 Å². The molecule has 0 unspecified atom stereocenters. The van der Waals surface area contributed by atoms with Gasteiger partial charge in [0.1, 0.15) is 0 Å². The fourth-order valence-corrected chi connectivity index (χ4v) is 0.899. The highest BCUT2D eigenvalue weighted by Gasteiger charge is 2.06. The molecule has 0 aromatic carbocycles. The molecule has 0 aromatic rings. The lowest BCUT2D eigenvalue weighted by molar-refractivity contribution is 0.505. The van der Waals surface area contributed by atoms with Crippen molar-refractivity contribution in [1.82, 2.24) is 4.90 Å². The lowest BCUT2D eigenvalue weighted by atomic mass is 9.65. The predicted octanol–water partition coefficient (Wildman–Crippen LogP) is 1.80. The second kappa shape index (κ2) is 5.22. The summed E-state index contributed by atoms with van der Waals surface area (Å²) in [5.74, 6) is 0.474. The van der Waals surface area contributed by atoms with Crippen LogP contribution < -0.4 is 0 Å². The number of nitrogens with zero attached hydrogens (tertiary/aromatic N) is 1. The SMILES string of the molecule is CCCN(C)C(=N)[B]C(C)C. The largest absolute Gasteiger partial charge is 0.372 e. The smallest absolute Gasteiger partial charge is 0.203 e. The summed E-state index contributed by atoms with van der Waals surface area (Å²) in [7, 11) is 3.93. The van der Waals surface area contributed by atoms with E-state index in [0.29, 0.717) is 11.6 Å². The molecule has 0 rings (SSSR count). The van der Waals surface area contributed by atoms with Crippen LogP contribution in [0.2, 0.25) is 5.82 Å². The van der Waals surface area contributed by atoms with Crippen LogP contribution in [0.15, 0.2) is 0 Å². The number of amidine groups is 1. The van der Waals surface area contributed by atoms with Gasteiger partial charge < -0.3 is 4.90 Å². The van der Waals surface area contributed by atoms with E-state index < -0.39 is 0 Å². The molecule has 0 spiro atoms. The van der Waals surface area contributed by atoms with Crippen LogP contribution in [0.4, 0.5) is 0 Å². The van der Waals surface area contributed by atoms with E-state index in [4.69, 9.17) is 5.41 Å². The molecule has 0 aliphatic rings. The second-order valence-corrected chi connectivity index (χ2v) is 3.22. The van der Waals surface area contributed by atoms with Crippen molar-refractivity contribution in [2.75, 3.05) is 13.6 Å². The summed E-state index contributed by atoms with van der Waals surface area (Å²) < 4.78 is 0. The lowest BCUT2D eigenvalue weighted by Crippen LogP contribution is -2.32. The van der Waals surface area contributed by atoms with Gasteiger partial charge in [0.15, 0.2) is 0 Å². The molecule has 11 heavy (non-hydrogen) atoms. The summed E-state index contributed by atoms with van der Waals surface area (Å²) in [5, 5.41) is 7.60. The van der Waals surface area contributed by atoms with Crippen LogP contribution in [0.1, 0.15) is 27.2 Å². The van der Waals surface area contributed by atoms with Crippen molar-refractivity contribution in [3.63, 3.8) is 0 Å². The molecule has 1 radical (unpaired) electrons. The van der Waals surface area contributed by atoms with Gasteiger partial charge in [-0.15, -0.1) is 0 Å². The minimum atomic E-state index is 0.474. The molecule has 0 atom stereocenters. The Hall–Kier alpha value is -0.465. The summed E-state index contributed by atoms with van der Waals surface area (Å²) >= 11 is 0. The Morgan fingerprint density at radius 1 is 1.55 bits per heavy atom. The van der Waals surface area contributed by atoms with Gasteiger partial charge in [-0.25, -0.2) is 0 Å². The van der Waals surface area contributed by atoms with E-state index in [9.17, 15) is 0 Å². The van der Waals surface area contributed by atoms with Gasteiger partial charge in [-0.05, 0) is 6.42 Å². The fraction of sp³-hybridized carbons (Fsp3) is 0.875. The summed E-state index contributed by atoms with van der Waals surface area (Å²) in [4.78, 5) is 1.97. The molecule has 0 amide bonds. The van der Waals surface area contributed by atoms with Crippen LogP contribution in [0.25, 0.3) is 0 Å². The Morgan fingerprint density at radius 2 is 2.09 bits per heavy atom. The van der Waals surface area contributed by atoms with Crippen molar-refractivity contribution >= 4 is 13.0 Å². The highest BCUT2D eigenvalue weighted by Crippen LogP contribution is 1.99. The first-order chi connectivity index (χ1) is 5.07. The summed E-state index contributed by atoms with van der Waals surface area (Å²) in [6, 6.07) is 0. The van der Waals surface area contributed by atoms with Gasteiger partial charge in [0, 0.05) is 19.3 Å². The molecular weight excluding hydrogens is 135 g/mol. The van der Waals surface area contributed by atoms with Crippen molar-refractivity contribution in [3.05, 3.63) is 0 Å². The quantitative estimate of drug-likeness (QED) is 0.372. The highest BCUT2D eigenvalue weighted by atomic mass is 15.1. The van der Waals surface area contributed by atoms with Crippen molar-refractivity contribution in [3.8, 4) is 0 Å². The van der Waals surface area contributed by atoms with Crippen molar-refractivity contribution in [2.45, 2.75) is 33.0 Å². The van der Waals surface area contributed by atoms with Gasteiger partial charge in [0.05, 0.1) is 0 Å². The van der Waals surface area contributed by atoms with E-state index in [2.05, 4.69) is 20.8 Å². The molecule has 63 valence electrons. The molecule has 0 aliphatic carbocycles. The number of nitrogens with one attached hydrogen (secondary N) is 1. The molecule has 0 heterocycles. The van der Waals surface area contributed by atoms with Crippen LogP contribution >= 0.6 is 0 Å². The minimum absolute atomic E-state index is 0.474. The first-order valence-electron chi connectivity index (χ1n) is 4.22. The van der Waals surface area contributed by atoms with Crippen LogP contribution in [-0.2, 0) is 0 Å². The summed E-state index contributed by atoms with van der Waals surface area (Å²) in [6.07, 6.45) is 1.10. The predicted molar refractivity (Wildman–Crippen MR) is 51.5 cm³/mol. The first-order valence-corrected chi connectivity index (χ1v) is 4.22. The fourth-order valence-electron chi connectivity index (χ4n) is 0.899. The van der Waals surface area contributed by atoms with Crippen LogP contribution in [0.5, 0.6) is 0 Å². The Balaban J connectivity index is 3.64. The van der Waals surface area contributed by atoms with Crippen molar-refractivity contribution in [1.29, 1.82) is 5.41 Å². The first kappa shape index (κ1) is 10.5. The third-order valence-corrected chi connectivity index (χ3v) is 1.46. The summed E-state index contributed by atoms with van der Waals surface area (Å²) in [6.45, 7) is 7.28. The van der Waals surface area contributed by atoms with E-state index >= 15 is 0 Å². The Morgan fingerprint density at radius 3 is 2.45 bits per heavy atom. The third-order valence-electron chi connectivity index (χ3n) is 1.46. The van der Waals surface area contributed by atoms with Gasteiger partial charge in [-0.3, -0.25) is 5.41 Å². The average Bonchev–Trinajstić information content (AvgIpc) is 1.86. The second-order valence-electron chi connectivity index (χ2n) is 3.22. The molecule has 3 heteroatoms. The maximum atomic E-state index is 7.60. The Bertz CT molecular complexity index is 123. The van der Waals surface area contributed by atoms with E-state index in [0.717, 1.165) is 13.0 Å². The standard InChI is InChI=1S/C8H18BN2/c1-5-6-11(4)8(10)9-7(2)3/h7,10H,5-6H2,1-4H3. The zero-order valence-electron chi connectivity index (χ0n) is 8.02. The number of hydrogen-bond donors (Lipinski definition) is 1. The molecule has 0 aromatic heterocycles. The molecule has 1 N–H and O–H groups in total. The van der Waals surface area contributed by atoms with E-state index in [1.807, 2.05) is 19.2 Å². The highest BCUT2D eigenvalue weighted by molar-refractivity contribution is 6.74. The molecule has 0 saturated carbocycles. The number of rotatable bonds is 4. The number of hydrogen-bond acceptors (Lipinski definition) is 1. The summed E-state index contributed by atoms with van der Waals surface area (Å²) in [5.41, 5.74) is 0.641. The van der Waals surface area contributed by atoms with E-state index in [1.165, 1.54) is 0 Å². The van der Waals surface area contributed by atoms with E-state index in [1.54, 1.807) is 0 Å². The van der Waals surface area contributed by atoms with Crippen LogP contribution in [-0.4, -0.2) is 31.5 Å². The average molecular weight is 153 g/mol. The molecule has 0 aliphatic heterocycles. The molecule has 0 saturated heterocycles. The maximum absolute atomic E-state index is 7.60. The van der Waals surface area contributed by atoms with Crippen LogP contribution in [0.3, 0.4) is 0 Å².